The molecule has 2 aliphatic rings. The molecule has 3 heterocycles. The Hall–Kier alpha value is -2.21. The largest absolute Gasteiger partial charge is 0.333 e. The lowest BCUT2D eigenvalue weighted by molar-refractivity contribution is -0.133. The predicted molar refractivity (Wildman–Crippen MR) is 103 cm³/mol. The first-order valence-electron chi connectivity index (χ1n) is 10.0. The van der Waals surface area contributed by atoms with Crippen molar-refractivity contribution in [2.45, 2.75) is 44.6 Å². The molecular formula is C21H27FN4O. The molecule has 0 aliphatic carbocycles. The zero-order valence-corrected chi connectivity index (χ0v) is 15.7. The SMILES string of the molecule is O=C(CN1CCCCCC1)N1CCCC1c1[nH]ncc1-c1ccc(F)cc1. The van der Waals surface area contributed by atoms with Crippen molar-refractivity contribution in [3.63, 3.8) is 0 Å². The number of hydrogen-bond donors (Lipinski definition) is 1. The van der Waals surface area contributed by atoms with E-state index in [1.165, 1.54) is 37.8 Å². The minimum Gasteiger partial charge on any atom is -0.333 e. The zero-order valence-electron chi connectivity index (χ0n) is 15.7. The molecule has 2 aromatic rings. The standard InChI is InChI=1S/C21H27FN4O/c22-17-9-7-16(8-10-17)18-14-23-24-21(18)19-6-5-13-26(19)20(27)15-25-11-3-1-2-4-12-25/h7-10,14,19H,1-6,11-13,15H2,(H,23,24). The number of rotatable bonds is 4. The van der Waals surface area contributed by atoms with Crippen LogP contribution in [0.1, 0.15) is 50.3 Å². The average Bonchev–Trinajstić information content (AvgIpc) is 3.27. The van der Waals surface area contributed by atoms with E-state index in [1.807, 2.05) is 4.90 Å². The Kier molecular flexibility index (Phi) is 5.53. The van der Waals surface area contributed by atoms with Crippen LogP contribution >= 0.6 is 0 Å². The highest BCUT2D eigenvalue weighted by Crippen LogP contribution is 2.36. The molecule has 6 heteroatoms. The molecule has 4 rings (SSSR count). The second-order valence-electron chi connectivity index (χ2n) is 7.64. The molecule has 5 nitrogen and oxygen atoms in total. The van der Waals surface area contributed by atoms with Gasteiger partial charge in [0.1, 0.15) is 5.82 Å². The topological polar surface area (TPSA) is 52.2 Å². The molecule has 144 valence electrons. The lowest BCUT2D eigenvalue weighted by Gasteiger charge is -2.28. The first-order valence-corrected chi connectivity index (χ1v) is 10.0. The van der Waals surface area contributed by atoms with Crippen molar-refractivity contribution >= 4 is 5.91 Å². The number of hydrogen-bond acceptors (Lipinski definition) is 3. The summed E-state index contributed by atoms with van der Waals surface area (Å²) in [5, 5.41) is 7.33. The molecule has 0 bridgehead atoms. The van der Waals surface area contributed by atoms with Gasteiger partial charge in [-0.25, -0.2) is 4.39 Å². The highest BCUT2D eigenvalue weighted by molar-refractivity contribution is 5.79. The van der Waals surface area contributed by atoms with Crippen molar-refractivity contribution in [1.82, 2.24) is 20.0 Å². The van der Waals surface area contributed by atoms with Gasteiger partial charge in [-0.3, -0.25) is 14.8 Å². The van der Waals surface area contributed by atoms with Gasteiger partial charge in [0, 0.05) is 12.1 Å². The second-order valence-corrected chi connectivity index (χ2v) is 7.64. The average molecular weight is 370 g/mol. The van der Waals surface area contributed by atoms with E-state index in [-0.39, 0.29) is 17.8 Å². The number of aromatic amines is 1. The van der Waals surface area contributed by atoms with Crippen LogP contribution in [0.2, 0.25) is 0 Å². The normalized spacial score (nSPS) is 21.4. The number of H-pyrrole nitrogens is 1. The highest BCUT2D eigenvalue weighted by Gasteiger charge is 2.33. The van der Waals surface area contributed by atoms with Gasteiger partial charge in [-0.2, -0.15) is 5.10 Å². The molecule has 1 aromatic carbocycles. The summed E-state index contributed by atoms with van der Waals surface area (Å²) in [6, 6.07) is 6.47. The Morgan fingerprint density at radius 3 is 2.56 bits per heavy atom. The first kappa shape index (κ1) is 18.2. The number of amides is 1. The van der Waals surface area contributed by atoms with Crippen molar-refractivity contribution in [2.24, 2.45) is 0 Å². The third-order valence-electron chi connectivity index (χ3n) is 5.79. The van der Waals surface area contributed by atoms with Gasteiger partial charge in [-0.05, 0) is 56.5 Å². The van der Waals surface area contributed by atoms with Crippen LogP contribution in [0.5, 0.6) is 0 Å². The third-order valence-corrected chi connectivity index (χ3v) is 5.79. The number of nitrogens with zero attached hydrogens (tertiary/aromatic N) is 3. The zero-order chi connectivity index (χ0) is 18.6. The molecule has 2 fully saturated rings. The summed E-state index contributed by atoms with van der Waals surface area (Å²) in [6.07, 6.45) is 8.62. The lowest BCUT2D eigenvalue weighted by atomic mass is 10.0. The molecule has 2 aliphatic heterocycles. The van der Waals surface area contributed by atoms with Crippen molar-refractivity contribution in [3.05, 3.63) is 42.0 Å². The fourth-order valence-electron chi connectivity index (χ4n) is 4.35. The summed E-state index contributed by atoms with van der Waals surface area (Å²) in [7, 11) is 0. The monoisotopic (exact) mass is 370 g/mol. The Morgan fingerprint density at radius 1 is 1.07 bits per heavy atom. The van der Waals surface area contributed by atoms with Gasteiger partial charge in [0.05, 0.1) is 24.5 Å². The number of carbonyl (C=O) groups excluding carboxylic acids is 1. The molecule has 1 aromatic heterocycles. The van der Waals surface area contributed by atoms with E-state index in [4.69, 9.17) is 0 Å². The van der Waals surface area contributed by atoms with Crippen molar-refractivity contribution in [1.29, 1.82) is 0 Å². The minimum absolute atomic E-state index is 0.0204. The van der Waals surface area contributed by atoms with Crippen LogP contribution in [0.4, 0.5) is 4.39 Å². The quantitative estimate of drug-likeness (QED) is 0.892. The molecule has 0 saturated carbocycles. The van der Waals surface area contributed by atoms with Crippen LogP contribution in [0.15, 0.2) is 30.5 Å². The van der Waals surface area contributed by atoms with Crippen LogP contribution in [0.3, 0.4) is 0 Å². The van der Waals surface area contributed by atoms with Crippen LogP contribution in [0.25, 0.3) is 11.1 Å². The van der Waals surface area contributed by atoms with Crippen LogP contribution in [-0.2, 0) is 4.79 Å². The van der Waals surface area contributed by atoms with Crippen LogP contribution in [-0.4, -0.2) is 52.1 Å². The number of likely N-dealkylation sites (tertiary alicyclic amines) is 2. The molecule has 1 N–H and O–H groups in total. The Bertz CT molecular complexity index is 765. The summed E-state index contributed by atoms with van der Waals surface area (Å²) in [5.41, 5.74) is 2.84. The van der Waals surface area contributed by atoms with Gasteiger partial charge >= 0.3 is 0 Å². The van der Waals surface area contributed by atoms with E-state index in [1.54, 1.807) is 18.3 Å². The van der Waals surface area contributed by atoms with E-state index in [9.17, 15) is 9.18 Å². The molecule has 27 heavy (non-hydrogen) atoms. The van der Waals surface area contributed by atoms with Crippen molar-refractivity contribution in [3.8, 4) is 11.1 Å². The summed E-state index contributed by atoms with van der Waals surface area (Å²) in [5.74, 6) is -0.0435. The third kappa shape index (κ3) is 4.05. The molecule has 1 atom stereocenters. The maximum atomic E-state index is 13.3. The molecule has 1 amide bonds. The van der Waals surface area contributed by atoms with E-state index in [2.05, 4.69) is 15.1 Å². The summed E-state index contributed by atoms with van der Waals surface area (Å²) in [4.78, 5) is 17.3. The molecule has 1 unspecified atom stereocenters. The molecule has 2 saturated heterocycles. The van der Waals surface area contributed by atoms with Gasteiger partial charge in [0.2, 0.25) is 5.91 Å². The Morgan fingerprint density at radius 2 is 1.81 bits per heavy atom. The number of carbonyl (C=O) groups is 1. The van der Waals surface area contributed by atoms with Gasteiger partial charge in [-0.15, -0.1) is 0 Å². The molecule has 0 spiro atoms. The lowest BCUT2D eigenvalue weighted by Crippen LogP contribution is -2.40. The van der Waals surface area contributed by atoms with E-state index in [0.29, 0.717) is 6.54 Å². The van der Waals surface area contributed by atoms with Crippen LogP contribution < -0.4 is 0 Å². The summed E-state index contributed by atoms with van der Waals surface area (Å²) >= 11 is 0. The number of nitrogens with one attached hydrogen (secondary N) is 1. The predicted octanol–water partition coefficient (Wildman–Crippen LogP) is 3.76. The Labute approximate surface area is 159 Å². The summed E-state index contributed by atoms with van der Waals surface area (Å²) < 4.78 is 13.3. The van der Waals surface area contributed by atoms with Gasteiger partial charge in [0.25, 0.3) is 0 Å². The number of benzene rings is 1. The fraction of sp³-hybridized carbons (Fsp3) is 0.524. The molecular weight excluding hydrogens is 343 g/mol. The van der Waals surface area contributed by atoms with E-state index in [0.717, 1.165) is 49.3 Å². The van der Waals surface area contributed by atoms with Crippen LogP contribution in [0, 0.1) is 5.82 Å². The smallest absolute Gasteiger partial charge is 0.237 e. The number of halogens is 1. The van der Waals surface area contributed by atoms with Gasteiger partial charge in [0.15, 0.2) is 0 Å². The van der Waals surface area contributed by atoms with E-state index >= 15 is 0 Å². The second kappa shape index (κ2) is 8.21. The summed E-state index contributed by atoms with van der Waals surface area (Å²) in [6.45, 7) is 3.35. The van der Waals surface area contributed by atoms with Crippen molar-refractivity contribution < 1.29 is 9.18 Å². The van der Waals surface area contributed by atoms with Gasteiger partial charge < -0.3 is 4.90 Å². The van der Waals surface area contributed by atoms with Crippen molar-refractivity contribution in [2.75, 3.05) is 26.2 Å². The van der Waals surface area contributed by atoms with E-state index < -0.39 is 0 Å². The first-order chi connectivity index (χ1) is 13.2. The maximum absolute atomic E-state index is 13.3. The molecule has 0 radical (unpaired) electrons. The fourth-order valence-corrected chi connectivity index (χ4v) is 4.35. The minimum atomic E-state index is -0.251. The Balaban J connectivity index is 1.51. The number of aromatic nitrogens is 2. The highest BCUT2D eigenvalue weighted by atomic mass is 19.1. The van der Waals surface area contributed by atoms with Gasteiger partial charge in [-0.1, -0.05) is 25.0 Å². The maximum Gasteiger partial charge on any atom is 0.237 e.